The van der Waals surface area contributed by atoms with Crippen molar-refractivity contribution in [3.8, 4) is 0 Å². The zero-order chi connectivity index (χ0) is 16.9. The smallest absolute Gasteiger partial charge is 0.273 e. The second kappa shape index (κ2) is 7.35. The quantitative estimate of drug-likeness (QED) is 0.802. The van der Waals surface area contributed by atoms with Crippen molar-refractivity contribution in [1.29, 1.82) is 0 Å². The Morgan fingerprint density at radius 2 is 2.38 bits per heavy atom. The standard InChI is InChI=1S/C15H21N7O2/c1-3-21-9-13(19-20-21)15(23)17-7-11-6-12(24-2)8-22(11)14-4-5-16-10-18-14/h4-5,9-12H,3,6-8H2,1-2H3,(H,17,23)/t11-,12-/m0/s1. The van der Waals surface area contributed by atoms with Gasteiger partial charge in [0.2, 0.25) is 0 Å². The number of anilines is 1. The van der Waals surface area contributed by atoms with Gasteiger partial charge in [-0.25, -0.2) is 9.97 Å². The van der Waals surface area contributed by atoms with Crippen LogP contribution in [0.25, 0.3) is 0 Å². The third-order valence-electron chi connectivity index (χ3n) is 4.16. The molecule has 1 fully saturated rings. The Kier molecular flexibility index (Phi) is 4.99. The Labute approximate surface area is 140 Å². The number of hydrogen-bond acceptors (Lipinski definition) is 7. The molecule has 9 heteroatoms. The summed E-state index contributed by atoms with van der Waals surface area (Å²) in [4.78, 5) is 22.6. The summed E-state index contributed by atoms with van der Waals surface area (Å²) in [5.41, 5.74) is 0.326. The van der Waals surface area contributed by atoms with Gasteiger partial charge in [0.25, 0.3) is 5.91 Å². The van der Waals surface area contributed by atoms with Crippen molar-refractivity contribution in [1.82, 2.24) is 30.3 Å². The summed E-state index contributed by atoms with van der Waals surface area (Å²) in [6.07, 6.45) is 5.81. The highest BCUT2D eigenvalue weighted by Crippen LogP contribution is 2.24. The van der Waals surface area contributed by atoms with Gasteiger partial charge in [-0.3, -0.25) is 9.48 Å². The molecule has 0 bridgehead atoms. The summed E-state index contributed by atoms with van der Waals surface area (Å²) in [5, 5.41) is 10.7. The van der Waals surface area contributed by atoms with Crippen molar-refractivity contribution >= 4 is 11.7 Å². The van der Waals surface area contributed by atoms with Gasteiger partial charge in [-0.05, 0) is 19.4 Å². The molecule has 128 valence electrons. The summed E-state index contributed by atoms with van der Waals surface area (Å²) in [6.45, 7) is 3.85. The van der Waals surface area contributed by atoms with Crippen molar-refractivity contribution in [3.63, 3.8) is 0 Å². The molecule has 1 saturated heterocycles. The number of aryl methyl sites for hydroxylation is 1. The summed E-state index contributed by atoms with van der Waals surface area (Å²) in [6, 6.07) is 1.97. The lowest BCUT2D eigenvalue weighted by atomic mass is 10.2. The zero-order valence-corrected chi connectivity index (χ0v) is 13.8. The minimum Gasteiger partial charge on any atom is -0.380 e. The van der Waals surface area contributed by atoms with E-state index < -0.39 is 0 Å². The van der Waals surface area contributed by atoms with Gasteiger partial charge in [-0.15, -0.1) is 5.10 Å². The molecule has 0 spiro atoms. The molecule has 3 heterocycles. The number of aromatic nitrogens is 5. The average Bonchev–Trinajstić information content (AvgIpc) is 3.27. The van der Waals surface area contributed by atoms with Gasteiger partial charge in [0.1, 0.15) is 12.1 Å². The number of amides is 1. The van der Waals surface area contributed by atoms with E-state index in [0.717, 1.165) is 18.8 Å². The van der Waals surface area contributed by atoms with Crippen LogP contribution < -0.4 is 10.2 Å². The number of hydrogen-bond donors (Lipinski definition) is 1. The molecule has 2 aromatic rings. The van der Waals surface area contributed by atoms with Crippen molar-refractivity contribution in [2.24, 2.45) is 0 Å². The van der Waals surface area contributed by atoms with Gasteiger partial charge >= 0.3 is 0 Å². The first kappa shape index (κ1) is 16.3. The molecule has 1 aliphatic heterocycles. The van der Waals surface area contributed by atoms with Crippen LogP contribution in [0, 0.1) is 0 Å². The molecule has 0 unspecified atom stereocenters. The van der Waals surface area contributed by atoms with Crippen LogP contribution in [0.3, 0.4) is 0 Å². The first-order valence-corrected chi connectivity index (χ1v) is 7.95. The van der Waals surface area contributed by atoms with Crippen LogP contribution in [0.5, 0.6) is 0 Å². The van der Waals surface area contributed by atoms with E-state index in [2.05, 4.69) is 30.5 Å². The largest absolute Gasteiger partial charge is 0.380 e. The predicted molar refractivity (Wildman–Crippen MR) is 86.6 cm³/mol. The summed E-state index contributed by atoms with van der Waals surface area (Å²) in [7, 11) is 1.70. The molecule has 0 radical (unpaired) electrons. The normalized spacial score (nSPS) is 20.3. The Hall–Kier alpha value is -2.55. The molecular formula is C15H21N7O2. The monoisotopic (exact) mass is 331 g/mol. The molecule has 24 heavy (non-hydrogen) atoms. The summed E-state index contributed by atoms with van der Waals surface area (Å²) in [5.74, 6) is 0.610. The zero-order valence-electron chi connectivity index (χ0n) is 13.8. The van der Waals surface area contributed by atoms with Crippen LogP contribution in [-0.4, -0.2) is 63.2 Å². The van der Waals surface area contributed by atoms with E-state index in [1.54, 1.807) is 24.2 Å². The van der Waals surface area contributed by atoms with Crippen LogP contribution in [0.4, 0.5) is 5.82 Å². The van der Waals surface area contributed by atoms with Crippen LogP contribution in [-0.2, 0) is 11.3 Å². The SMILES string of the molecule is CCn1cc(C(=O)NC[C@@H]2C[C@H](OC)CN2c2ccncn2)nn1. The van der Waals surface area contributed by atoms with Crippen molar-refractivity contribution in [2.45, 2.75) is 32.0 Å². The van der Waals surface area contributed by atoms with E-state index in [4.69, 9.17) is 4.74 Å². The van der Waals surface area contributed by atoms with Gasteiger partial charge in [-0.2, -0.15) is 0 Å². The number of nitrogens with zero attached hydrogens (tertiary/aromatic N) is 6. The lowest BCUT2D eigenvalue weighted by molar-refractivity contribution is 0.0941. The third kappa shape index (κ3) is 3.51. The maximum atomic E-state index is 12.2. The lowest BCUT2D eigenvalue weighted by Gasteiger charge is -2.25. The molecular weight excluding hydrogens is 310 g/mol. The van der Waals surface area contributed by atoms with Crippen molar-refractivity contribution in [3.05, 3.63) is 30.5 Å². The van der Waals surface area contributed by atoms with Gasteiger partial charge in [-0.1, -0.05) is 5.21 Å². The fourth-order valence-corrected chi connectivity index (χ4v) is 2.83. The fourth-order valence-electron chi connectivity index (χ4n) is 2.83. The van der Waals surface area contributed by atoms with Gasteiger partial charge < -0.3 is 15.0 Å². The van der Waals surface area contributed by atoms with E-state index >= 15 is 0 Å². The Balaban J connectivity index is 1.64. The van der Waals surface area contributed by atoms with Crippen molar-refractivity contribution < 1.29 is 9.53 Å². The number of methoxy groups -OCH3 is 1. The average molecular weight is 331 g/mol. The van der Waals surface area contributed by atoms with Crippen LogP contribution in [0.1, 0.15) is 23.8 Å². The molecule has 0 aromatic carbocycles. The van der Waals surface area contributed by atoms with E-state index in [-0.39, 0.29) is 18.1 Å². The first-order chi connectivity index (χ1) is 11.7. The fraction of sp³-hybridized carbons (Fsp3) is 0.533. The minimum absolute atomic E-state index is 0.107. The second-order valence-electron chi connectivity index (χ2n) is 5.64. The van der Waals surface area contributed by atoms with E-state index in [9.17, 15) is 4.79 Å². The van der Waals surface area contributed by atoms with Crippen LogP contribution in [0.15, 0.2) is 24.8 Å². The number of ether oxygens (including phenoxy) is 1. The third-order valence-corrected chi connectivity index (χ3v) is 4.16. The lowest BCUT2D eigenvalue weighted by Crippen LogP contribution is -2.40. The number of rotatable bonds is 6. The highest BCUT2D eigenvalue weighted by atomic mass is 16.5. The predicted octanol–water partition coefficient (Wildman–Crippen LogP) is 0.112. The van der Waals surface area contributed by atoms with Crippen LogP contribution in [0.2, 0.25) is 0 Å². The Bertz CT molecular complexity index is 675. The highest BCUT2D eigenvalue weighted by Gasteiger charge is 2.33. The Morgan fingerprint density at radius 3 is 3.04 bits per heavy atom. The van der Waals surface area contributed by atoms with Gasteiger partial charge in [0, 0.05) is 32.9 Å². The molecule has 2 aromatic heterocycles. The molecule has 3 rings (SSSR count). The van der Waals surface area contributed by atoms with Gasteiger partial charge in [0.05, 0.1) is 18.3 Å². The topological polar surface area (TPSA) is 98.1 Å². The molecule has 1 aliphatic rings. The minimum atomic E-state index is -0.224. The molecule has 1 N–H and O–H groups in total. The molecule has 2 atom stereocenters. The summed E-state index contributed by atoms with van der Waals surface area (Å²) < 4.78 is 7.10. The second-order valence-corrected chi connectivity index (χ2v) is 5.64. The molecule has 0 saturated carbocycles. The maximum Gasteiger partial charge on any atom is 0.273 e. The first-order valence-electron chi connectivity index (χ1n) is 7.95. The number of carbonyl (C=O) groups excluding carboxylic acids is 1. The molecule has 9 nitrogen and oxygen atoms in total. The Morgan fingerprint density at radius 1 is 1.50 bits per heavy atom. The van der Waals surface area contributed by atoms with Gasteiger partial charge in [0.15, 0.2) is 5.69 Å². The number of carbonyl (C=O) groups is 1. The van der Waals surface area contributed by atoms with E-state index in [1.165, 1.54) is 6.33 Å². The van der Waals surface area contributed by atoms with E-state index in [1.807, 2.05) is 13.0 Å². The van der Waals surface area contributed by atoms with E-state index in [0.29, 0.717) is 18.8 Å². The van der Waals surface area contributed by atoms with Crippen LogP contribution >= 0.6 is 0 Å². The molecule has 1 amide bonds. The maximum absolute atomic E-state index is 12.2. The summed E-state index contributed by atoms with van der Waals surface area (Å²) >= 11 is 0. The number of nitrogens with one attached hydrogen (secondary N) is 1. The molecule has 0 aliphatic carbocycles. The highest BCUT2D eigenvalue weighted by molar-refractivity contribution is 5.91. The van der Waals surface area contributed by atoms with Crippen molar-refractivity contribution in [2.75, 3.05) is 25.1 Å².